The van der Waals surface area contributed by atoms with Crippen molar-refractivity contribution in [2.75, 3.05) is 12.8 Å². The molecule has 0 aliphatic carbocycles. The van der Waals surface area contributed by atoms with Crippen LogP contribution in [0.2, 0.25) is 0 Å². The van der Waals surface area contributed by atoms with Crippen molar-refractivity contribution in [2.24, 2.45) is 11.8 Å². The smallest absolute Gasteiger partial charge is 0.408 e. The SMILES string of the molecule is CC(C)C[C@H](NC(=O)[C@H](Cc1cccc2ccccc12)NC(=O)OCc1ccccc1)C(=O)NC(C[C@@H]1CCNC1=O)C1OC1S(C)(=O)=O. The number of sulfone groups is 1. The van der Waals surface area contributed by atoms with Crippen LogP contribution in [0, 0.1) is 11.8 Å². The summed E-state index contributed by atoms with van der Waals surface area (Å²) < 4.78 is 35.4. The topological polar surface area (TPSA) is 172 Å². The summed E-state index contributed by atoms with van der Waals surface area (Å²) in [6.07, 6.45) is 0.577. The normalized spacial score (nSPS) is 20.6. The summed E-state index contributed by atoms with van der Waals surface area (Å²) in [6.45, 7) is 4.31. The van der Waals surface area contributed by atoms with E-state index in [1.807, 2.05) is 86.6 Å². The van der Waals surface area contributed by atoms with Crippen molar-refractivity contribution < 1.29 is 37.1 Å². The number of epoxide rings is 1. The molecule has 2 aliphatic heterocycles. The fraction of sp³-hybridized carbons (Fsp3) is 0.444. The number of ether oxygens (including phenoxy) is 2. The number of alkyl carbamates (subject to hydrolysis) is 1. The van der Waals surface area contributed by atoms with Crippen LogP contribution in [-0.2, 0) is 46.7 Å². The Hall–Kier alpha value is -4.49. The number of hydrogen-bond donors (Lipinski definition) is 4. The van der Waals surface area contributed by atoms with Crippen LogP contribution in [0.5, 0.6) is 0 Å². The first-order valence-electron chi connectivity index (χ1n) is 16.6. The van der Waals surface area contributed by atoms with E-state index in [1.165, 1.54) is 0 Å². The molecule has 5 rings (SSSR count). The number of carbonyl (C=O) groups is 4. The third-order valence-corrected chi connectivity index (χ3v) is 10.0. The fourth-order valence-electron chi connectivity index (χ4n) is 6.26. The van der Waals surface area contributed by atoms with E-state index in [0.717, 1.165) is 28.2 Å². The molecule has 12 nitrogen and oxygen atoms in total. The molecule has 0 bridgehead atoms. The summed E-state index contributed by atoms with van der Waals surface area (Å²) in [7, 11) is -3.55. The van der Waals surface area contributed by atoms with Gasteiger partial charge in [-0.3, -0.25) is 14.4 Å². The Bertz CT molecular complexity index is 1760. The van der Waals surface area contributed by atoms with Crippen LogP contribution >= 0.6 is 0 Å². The Balaban J connectivity index is 1.34. The van der Waals surface area contributed by atoms with Gasteiger partial charge in [-0.25, -0.2) is 13.2 Å². The summed E-state index contributed by atoms with van der Waals surface area (Å²) >= 11 is 0. The van der Waals surface area contributed by atoms with Crippen LogP contribution < -0.4 is 21.3 Å². The zero-order valence-electron chi connectivity index (χ0n) is 27.9. The van der Waals surface area contributed by atoms with Gasteiger partial charge < -0.3 is 30.7 Å². The van der Waals surface area contributed by atoms with Gasteiger partial charge in [-0.1, -0.05) is 86.6 Å². The summed E-state index contributed by atoms with van der Waals surface area (Å²) in [4.78, 5) is 53.3. The van der Waals surface area contributed by atoms with Crippen molar-refractivity contribution in [1.29, 1.82) is 0 Å². The van der Waals surface area contributed by atoms with Crippen LogP contribution in [-0.4, -0.2) is 74.7 Å². The van der Waals surface area contributed by atoms with Gasteiger partial charge in [-0.2, -0.15) is 0 Å². The molecule has 0 spiro atoms. The molecule has 0 radical (unpaired) electrons. The van der Waals surface area contributed by atoms with Crippen LogP contribution in [0.1, 0.15) is 44.2 Å². The highest BCUT2D eigenvalue weighted by Crippen LogP contribution is 2.33. The Labute approximate surface area is 286 Å². The molecule has 2 heterocycles. The molecule has 2 aliphatic rings. The van der Waals surface area contributed by atoms with Gasteiger partial charge in [-0.15, -0.1) is 0 Å². The number of rotatable bonds is 15. The average molecular weight is 693 g/mol. The molecule has 4 amide bonds. The zero-order chi connectivity index (χ0) is 35.1. The third-order valence-electron chi connectivity index (χ3n) is 8.80. The first-order valence-corrected chi connectivity index (χ1v) is 18.5. The second-order valence-corrected chi connectivity index (χ2v) is 15.3. The maximum Gasteiger partial charge on any atom is 0.408 e. The number of hydrogen-bond acceptors (Lipinski definition) is 8. The molecule has 3 aromatic rings. The first-order chi connectivity index (χ1) is 23.4. The highest BCUT2D eigenvalue weighted by molar-refractivity contribution is 7.91. The molecular formula is C36H44N4O8S. The summed E-state index contributed by atoms with van der Waals surface area (Å²) in [6, 6.07) is 19.7. The highest BCUT2D eigenvalue weighted by Gasteiger charge is 2.53. The Morgan fingerprint density at radius 3 is 2.29 bits per heavy atom. The fourth-order valence-corrected chi connectivity index (χ4v) is 7.26. The standard InChI is InChI=1S/C36H44N4O8S/c1-22(2)18-29(33(42)38-28(20-26-16-17-37-32(26)41)31-35(48-31)49(3,45)46)39-34(43)30(40-36(44)47-21-23-10-5-4-6-11-23)19-25-14-9-13-24-12-7-8-15-27(24)25/h4-15,22,26,28-31,35H,16-21H2,1-3H3,(H,37,41)(H,38,42)(H,39,43)(H,40,44)/t26-,28?,29-,30-,31?,35?/m0/s1. The summed E-state index contributed by atoms with van der Waals surface area (Å²) in [5, 5.41) is 13.1. The van der Waals surface area contributed by atoms with E-state index in [9.17, 15) is 27.6 Å². The maximum absolute atomic E-state index is 14.0. The second kappa shape index (κ2) is 15.8. The van der Waals surface area contributed by atoms with Gasteiger partial charge in [0, 0.05) is 25.1 Å². The van der Waals surface area contributed by atoms with Crippen molar-refractivity contribution in [1.82, 2.24) is 21.3 Å². The maximum atomic E-state index is 14.0. The van der Waals surface area contributed by atoms with E-state index in [4.69, 9.17) is 9.47 Å². The predicted molar refractivity (Wildman–Crippen MR) is 184 cm³/mol. The van der Waals surface area contributed by atoms with E-state index in [1.54, 1.807) is 0 Å². The van der Waals surface area contributed by atoms with Gasteiger partial charge in [0.2, 0.25) is 17.7 Å². The Kier molecular flexibility index (Phi) is 11.6. The number of amides is 4. The van der Waals surface area contributed by atoms with E-state index in [-0.39, 0.29) is 37.7 Å². The number of benzene rings is 3. The Morgan fingerprint density at radius 1 is 0.918 bits per heavy atom. The summed E-state index contributed by atoms with van der Waals surface area (Å²) in [5.41, 5.74) is 0.513. The number of nitrogens with one attached hydrogen (secondary N) is 4. The molecule has 4 N–H and O–H groups in total. The van der Waals surface area contributed by atoms with E-state index in [2.05, 4.69) is 21.3 Å². The largest absolute Gasteiger partial charge is 0.445 e. The molecule has 2 saturated heterocycles. The van der Waals surface area contributed by atoms with Crippen LogP contribution in [0.25, 0.3) is 10.8 Å². The lowest BCUT2D eigenvalue weighted by Crippen LogP contribution is -2.56. The van der Waals surface area contributed by atoms with Gasteiger partial charge >= 0.3 is 6.09 Å². The van der Waals surface area contributed by atoms with Crippen molar-refractivity contribution in [2.45, 2.75) is 75.8 Å². The van der Waals surface area contributed by atoms with E-state index < -0.39 is 63.3 Å². The molecular weight excluding hydrogens is 648 g/mol. The van der Waals surface area contributed by atoms with Crippen LogP contribution in [0.3, 0.4) is 0 Å². The molecule has 13 heteroatoms. The lowest BCUT2D eigenvalue weighted by molar-refractivity contribution is -0.131. The van der Waals surface area contributed by atoms with Crippen molar-refractivity contribution >= 4 is 44.4 Å². The lowest BCUT2D eigenvalue weighted by atomic mass is 9.95. The minimum Gasteiger partial charge on any atom is -0.445 e. The van der Waals surface area contributed by atoms with Gasteiger partial charge in [-0.05, 0) is 47.1 Å². The zero-order valence-corrected chi connectivity index (χ0v) is 28.7. The van der Waals surface area contributed by atoms with Crippen molar-refractivity contribution in [3.8, 4) is 0 Å². The van der Waals surface area contributed by atoms with E-state index >= 15 is 0 Å². The lowest BCUT2D eigenvalue weighted by Gasteiger charge is -2.27. The van der Waals surface area contributed by atoms with Crippen molar-refractivity contribution in [3.05, 3.63) is 83.9 Å². The average Bonchev–Trinajstić information content (AvgIpc) is 3.79. The molecule has 2 fully saturated rings. The van der Waals surface area contributed by atoms with Crippen molar-refractivity contribution in [3.63, 3.8) is 0 Å². The minimum atomic E-state index is -3.55. The predicted octanol–water partition coefficient (Wildman–Crippen LogP) is 2.99. The van der Waals surface area contributed by atoms with E-state index in [0.29, 0.717) is 13.0 Å². The third kappa shape index (κ3) is 9.79. The number of carbonyl (C=O) groups excluding carboxylic acids is 4. The van der Waals surface area contributed by atoms with Gasteiger partial charge in [0.1, 0.15) is 24.8 Å². The minimum absolute atomic E-state index is 0.00573. The molecule has 6 atom stereocenters. The second-order valence-electron chi connectivity index (χ2n) is 13.2. The van der Waals surface area contributed by atoms with Gasteiger partial charge in [0.25, 0.3) is 0 Å². The molecule has 0 aromatic heterocycles. The Morgan fingerprint density at radius 2 is 1.61 bits per heavy atom. The van der Waals surface area contributed by atoms with Gasteiger partial charge in [0.05, 0.1) is 6.04 Å². The molecule has 262 valence electrons. The first kappa shape index (κ1) is 35.8. The molecule has 3 aromatic carbocycles. The summed E-state index contributed by atoms with van der Waals surface area (Å²) in [5.74, 6) is -1.72. The monoisotopic (exact) mass is 692 g/mol. The van der Waals surface area contributed by atoms with Crippen LogP contribution in [0.4, 0.5) is 4.79 Å². The molecule has 3 unspecified atom stereocenters. The number of fused-ring (bicyclic) bond motifs is 1. The quantitative estimate of drug-likeness (QED) is 0.176. The molecule has 0 saturated carbocycles. The highest BCUT2D eigenvalue weighted by atomic mass is 32.2. The molecule has 49 heavy (non-hydrogen) atoms. The van der Waals surface area contributed by atoms with Gasteiger partial charge in [0.15, 0.2) is 15.3 Å². The van der Waals surface area contributed by atoms with Crippen LogP contribution in [0.15, 0.2) is 72.8 Å².